The van der Waals surface area contributed by atoms with Crippen molar-refractivity contribution >= 4 is 45.5 Å². The third-order valence-electron chi connectivity index (χ3n) is 2.42. The summed E-state index contributed by atoms with van der Waals surface area (Å²) in [6, 6.07) is 12.7. The molecule has 2 aromatic rings. The Morgan fingerprint density at radius 3 is 2.75 bits per heavy atom. The monoisotopic (exact) mass is 362 g/mol. The molecule has 1 atom stereocenters. The van der Waals surface area contributed by atoms with E-state index in [9.17, 15) is 0 Å². The van der Waals surface area contributed by atoms with E-state index in [1.54, 1.807) is 0 Å². The number of aryl methyl sites for hydroxylation is 1. The maximum Gasteiger partial charge on any atom is 0.0928 e. The van der Waals surface area contributed by atoms with Gasteiger partial charge in [0.1, 0.15) is 0 Å². The standard InChI is InChI=1S/C13H12ClIS/c1-2-11-6-7-12(16-11)13(14)9-4-3-5-10(15)8-9/h3-8,13H,2H2,1H3. The van der Waals surface area contributed by atoms with E-state index in [2.05, 4.69) is 65.9 Å². The van der Waals surface area contributed by atoms with Crippen LogP contribution in [-0.4, -0.2) is 0 Å². The Bertz CT molecular complexity index is 478. The fraction of sp³-hybridized carbons (Fsp3) is 0.231. The Labute approximate surface area is 119 Å². The number of benzene rings is 1. The van der Waals surface area contributed by atoms with E-state index >= 15 is 0 Å². The average molecular weight is 363 g/mol. The molecule has 0 aliphatic heterocycles. The molecule has 3 heteroatoms. The highest BCUT2D eigenvalue weighted by atomic mass is 127. The first-order valence-corrected chi connectivity index (χ1v) is 7.52. The third-order valence-corrected chi connectivity index (χ3v) is 5.00. The summed E-state index contributed by atoms with van der Waals surface area (Å²) < 4.78 is 1.23. The van der Waals surface area contributed by atoms with E-state index in [4.69, 9.17) is 11.6 Å². The van der Waals surface area contributed by atoms with Crippen LogP contribution in [0.2, 0.25) is 0 Å². The Balaban J connectivity index is 2.27. The molecule has 0 fully saturated rings. The van der Waals surface area contributed by atoms with Gasteiger partial charge in [0.15, 0.2) is 0 Å². The van der Waals surface area contributed by atoms with Gasteiger partial charge in [-0.1, -0.05) is 19.1 Å². The first-order chi connectivity index (χ1) is 7.70. The number of hydrogen-bond acceptors (Lipinski definition) is 1. The summed E-state index contributed by atoms with van der Waals surface area (Å²) in [5.74, 6) is 0. The number of hydrogen-bond donors (Lipinski definition) is 0. The highest BCUT2D eigenvalue weighted by Crippen LogP contribution is 2.34. The summed E-state index contributed by atoms with van der Waals surface area (Å²) in [7, 11) is 0. The molecule has 2 rings (SSSR count). The molecular weight excluding hydrogens is 351 g/mol. The molecule has 0 nitrogen and oxygen atoms in total. The van der Waals surface area contributed by atoms with E-state index in [1.165, 1.54) is 18.9 Å². The Kier molecular flexibility index (Phi) is 4.27. The van der Waals surface area contributed by atoms with Crippen molar-refractivity contribution in [2.75, 3.05) is 0 Å². The fourth-order valence-electron chi connectivity index (χ4n) is 1.55. The highest BCUT2D eigenvalue weighted by Gasteiger charge is 2.13. The van der Waals surface area contributed by atoms with Crippen LogP contribution in [0.15, 0.2) is 36.4 Å². The Hall–Kier alpha value is -0.0600. The van der Waals surface area contributed by atoms with Crippen molar-refractivity contribution in [2.24, 2.45) is 0 Å². The molecular formula is C13H12ClIS. The molecule has 0 N–H and O–H groups in total. The summed E-state index contributed by atoms with van der Waals surface area (Å²) in [4.78, 5) is 2.63. The van der Waals surface area contributed by atoms with Gasteiger partial charge in [-0.2, -0.15) is 0 Å². The van der Waals surface area contributed by atoms with Gasteiger partial charge in [-0.3, -0.25) is 0 Å². The van der Waals surface area contributed by atoms with Crippen LogP contribution in [0.3, 0.4) is 0 Å². The number of thiophene rings is 1. The second-order valence-electron chi connectivity index (χ2n) is 3.58. The van der Waals surface area contributed by atoms with Crippen LogP contribution in [0.4, 0.5) is 0 Å². The van der Waals surface area contributed by atoms with Crippen LogP contribution in [0, 0.1) is 3.57 Å². The van der Waals surface area contributed by atoms with Crippen molar-refractivity contribution in [2.45, 2.75) is 18.7 Å². The van der Waals surface area contributed by atoms with Crippen molar-refractivity contribution in [1.82, 2.24) is 0 Å². The molecule has 0 aliphatic carbocycles. The second-order valence-corrected chi connectivity index (χ2v) is 6.46. The van der Waals surface area contributed by atoms with Crippen LogP contribution < -0.4 is 0 Å². The van der Waals surface area contributed by atoms with Gasteiger partial charge >= 0.3 is 0 Å². The SMILES string of the molecule is CCc1ccc(C(Cl)c2cccc(I)c2)s1. The van der Waals surface area contributed by atoms with Crippen LogP contribution in [0.1, 0.15) is 27.6 Å². The minimum atomic E-state index is -0.0139. The lowest BCUT2D eigenvalue weighted by Crippen LogP contribution is -1.90. The molecule has 0 radical (unpaired) electrons. The number of rotatable bonds is 3. The van der Waals surface area contributed by atoms with Gasteiger partial charge in [-0.25, -0.2) is 0 Å². The van der Waals surface area contributed by atoms with Crippen LogP contribution >= 0.6 is 45.5 Å². The highest BCUT2D eigenvalue weighted by molar-refractivity contribution is 14.1. The zero-order chi connectivity index (χ0) is 11.5. The smallest absolute Gasteiger partial charge is 0.0928 e. The van der Waals surface area contributed by atoms with Gasteiger partial charge in [0.2, 0.25) is 0 Å². The van der Waals surface area contributed by atoms with Crippen LogP contribution in [0.25, 0.3) is 0 Å². The normalized spacial score (nSPS) is 12.7. The third kappa shape index (κ3) is 2.79. The molecule has 1 unspecified atom stereocenters. The predicted octanol–water partition coefficient (Wildman–Crippen LogP) is 5.24. The summed E-state index contributed by atoms with van der Waals surface area (Å²) in [5.41, 5.74) is 1.18. The summed E-state index contributed by atoms with van der Waals surface area (Å²) in [6.45, 7) is 2.17. The van der Waals surface area contributed by atoms with E-state index in [1.807, 2.05) is 11.3 Å². The van der Waals surface area contributed by atoms with Gasteiger partial charge in [0.05, 0.1) is 5.38 Å². The zero-order valence-electron chi connectivity index (χ0n) is 8.91. The molecule has 16 heavy (non-hydrogen) atoms. The Morgan fingerprint density at radius 2 is 2.12 bits per heavy atom. The molecule has 84 valence electrons. The minimum Gasteiger partial charge on any atom is -0.143 e. The summed E-state index contributed by atoms with van der Waals surface area (Å²) in [5, 5.41) is -0.0139. The van der Waals surface area contributed by atoms with E-state index in [0.717, 1.165) is 6.42 Å². The summed E-state index contributed by atoms with van der Waals surface area (Å²) >= 11 is 10.6. The maximum atomic E-state index is 6.48. The molecule has 1 aromatic carbocycles. The van der Waals surface area contributed by atoms with Gasteiger partial charge in [0.25, 0.3) is 0 Å². The molecule has 0 bridgehead atoms. The number of halogens is 2. The lowest BCUT2D eigenvalue weighted by atomic mass is 10.1. The quantitative estimate of drug-likeness (QED) is 0.517. The first kappa shape index (κ1) is 12.4. The fourth-order valence-corrected chi connectivity index (χ4v) is 3.42. The van der Waals surface area contributed by atoms with Crippen molar-refractivity contribution in [3.63, 3.8) is 0 Å². The minimum absolute atomic E-state index is 0.0139. The van der Waals surface area contributed by atoms with Crippen molar-refractivity contribution in [3.8, 4) is 0 Å². The van der Waals surface area contributed by atoms with E-state index in [0.29, 0.717) is 0 Å². The first-order valence-electron chi connectivity index (χ1n) is 5.19. The largest absolute Gasteiger partial charge is 0.143 e. The molecule has 1 aromatic heterocycles. The van der Waals surface area contributed by atoms with E-state index < -0.39 is 0 Å². The molecule has 0 amide bonds. The molecule has 0 saturated carbocycles. The zero-order valence-corrected chi connectivity index (χ0v) is 12.6. The van der Waals surface area contributed by atoms with Crippen LogP contribution in [0.5, 0.6) is 0 Å². The second kappa shape index (κ2) is 5.52. The summed E-state index contributed by atoms with van der Waals surface area (Å²) in [6.07, 6.45) is 1.08. The maximum absolute atomic E-state index is 6.48. The van der Waals surface area contributed by atoms with Crippen LogP contribution in [-0.2, 0) is 6.42 Å². The molecule has 0 aliphatic rings. The van der Waals surface area contributed by atoms with Gasteiger partial charge in [-0.05, 0) is 58.8 Å². The lowest BCUT2D eigenvalue weighted by molar-refractivity contribution is 1.18. The van der Waals surface area contributed by atoms with E-state index in [-0.39, 0.29) is 5.38 Å². The number of alkyl halides is 1. The average Bonchev–Trinajstić information content (AvgIpc) is 2.76. The lowest BCUT2D eigenvalue weighted by Gasteiger charge is -2.07. The predicted molar refractivity (Wildman–Crippen MR) is 80.6 cm³/mol. The Morgan fingerprint density at radius 1 is 1.31 bits per heavy atom. The van der Waals surface area contributed by atoms with Gasteiger partial charge in [-0.15, -0.1) is 22.9 Å². The molecule has 0 spiro atoms. The van der Waals surface area contributed by atoms with Crippen molar-refractivity contribution < 1.29 is 0 Å². The molecule has 1 heterocycles. The van der Waals surface area contributed by atoms with Gasteiger partial charge in [0, 0.05) is 13.3 Å². The molecule has 0 saturated heterocycles. The topological polar surface area (TPSA) is 0 Å². The van der Waals surface area contributed by atoms with Crippen molar-refractivity contribution in [1.29, 1.82) is 0 Å². The van der Waals surface area contributed by atoms with Gasteiger partial charge < -0.3 is 0 Å². The van der Waals surface area contributed by atoms with Crippen molar-refractivity contribution in [3.05, 3.63) is 55.3 Å².